The van der Waals surface area contributed by atoms with E-state index in [0.717, 1.165) is 0 Å². The number of rotatable bonds is 10. The predicted octanol–water partition coefficient (Wildman–Crippen LogP) is 2.11. The molecule has 2 atom stereocenters. The molecule has 1 aromatic carbocycles. The molecular weight excluding hydrogens is 284 g/mol. The third kappa shape index (κ3) is 7.22. The quantitative estimate of drug-likeness (QED) is 0.693. The zero-order chi connectivity index (χ0) is 15.7. The zero-order valence-corrected chi connectivity index (χ0v) is 12.1. The molecule has 0 amide bonds. The number of anilines is 1. The Morgan fingerprint density at radius 3 is 2.62 bits per heavy atom. The van der Waals surface area contributed by atoms with Crippen LogP contribution in [0.3, 0.4) is 0 Å². The first-order chi connectivity index (χ1) is 10.0. The molecule has 0 saturated heterocycles. The number of halogens is 2. The summed E-state index contributed by atoms with van der Waals surface area (Å²) in [5.41, 5.74) is 0.391. The Balaban J connectivity index is 2.40. The molecule has 0 aliphatic rings. The van der Waals surface area contributed by atoms with Gasteiger partial charge in [-0.1, -0.05) is 12.1 Å². The fourth-order valence-electron chi connectivity index (χ4n) is 1.66. The van der Waals surface area contributed by atoms with Crippen molar-refractivity contribution in [1.29, 1.82) is 0 Å². The van der Waals surface area contributed by atoms with Gasteiger partial charge in [0.05, 0.1) is 31.1 Å². The average Bonchev–Trinajstić information content (AvgIpc) is 2.44. The molecule has 1 aromatic rings. The molecule has 0 saturated carbocycles. The Morgan fingerprint density at radius 1 is 1.24 bits per heavy atom. The lowest BCUT2D eigenvalue weighted by molar-refractivity contribution is -0.0494. The van der Waals surface area contributed by atoms with Crippen molar-refractivity contribution in [3.63, 3.8) is 0 Å². The highest BCUT2D eigenvalue weighted by molar-refractivity contribution is 5.56. The number of aliphatic hydroxyl groups is 1. The normalized spacial score (nSPS) is 14.0. The SMILES string of the molecule is COCC(C)OCC(O)CNc1ccccc1OC(F)F. The van der Waals surface area contributed by atoms with E-state index in [2.05, 4.69) is 10.1 Å². The number of nitrogens with one attached hydrogen (secondary N) is 1. The molecule has 0 heterocycles. The Labute approximate surface area is 122 Å². The third-order valence-corrected chi connectivity index (χ3v) is 2.61. The molecule has 0 spiro atoms. The molecule has 7 heteroatoms. The highest BCUT2D eigenvalue weighted by Gasteiger charge is 2.11. The maximum Gasteiger partial charge on any atom is 0.387 e. The van der Waals surface area contributed by atoms with Crippen LogP contribution >= 0.6 is 0 Å². The minimum atomic E-state index is -2.89. The van der Waals surface area contributed by atoms with Crippen LogP contribution in [0.5, 0.6) is 5.75 Å². The van der Waals surface area contributed by atoms with E-state index in [-0.39, 0.29) is 25.0 Å². The number of hydrogen-bond acceptors (Lipinski definition) is 5. The van der Waals surface area contributed by atoms with Crippen molar-refractivity contribution in [3.8, 4) is 5.75 Å². The smallest absolute Gasteiger partial charge is 0.387 e. The van der Waals surface area contributed by atoms with Crippen LogP contribution in [-0.4, -0.2) is 50.8 Å². The lowest BCUT2D eigenvalue weighted by atomic mass is 10.2. The molecule has 0 bridgehead atoms. The van der Waals surface area contributed by atoms with Crippen molar-refractivity contribution < 1.29 is 28.1 Å². The molecule has 2 unspecified atom stereocenters. The topological polar surface area (TPSA) is 60.0 Å². The van der Waals surface area contributed by atoms with E-state index in [1.165, 1.54) is 6.07 Å². The zero-order valence-electron chi connectivity index (χ0n) is 12.1. The van der Waals surface area contributed by atoms with Crippen molar-refractivity contribution in [2.75, 3.05) is 32.2 Å². The van der Waals surface area contributed by atoms with Crippen LogP contribution in [0.2, 0.25) is 0 Å². The van der Waals surface area contributed by atoms with Gasteiger partial charge >= 0.3 is 6.61 Å². The van der Waals surface area contributed by atoms with Gasteiger partial charge in [0.1, 0.15) is 5.75 Å². The van der Waals surface area contributed by atoms with Crippen molar-refractivity contribution in [3.05, 3.63) is 24.3 Å². The predicted molar refractivity (Wildman–Crippen MR) is 74.9 cm³/mol. The van der Waals surface area contributed by atoms with Crippen molar-refractivity contribution in [2.45, 2.75) is 25.7 Å². The first kappa shape index (κ1) is 17.6. The number of aliphatic hydroxyl groups excluding tert-OH is 1. The van der Waals surface area contributed by atoms with Gasteiger partial charge in [0.2, 0.25) is 0 Å². The monoisotopic (exact) mass is 305 g/mol. The lowest BCUT2D eigenvalue weighted by Crippen LogP contribution is -2.28. The van der Waals surface area contributed by atoms with Crippen LogP contribution in [0.4, 0.5) is 14.5 Å². The molecular formula is C14H21F2NO4. The molecule has 21 heavy (non-hydrogen) atoms. The second-order valence-corrected chi connectivity index (χ2v) is 4.51. The van der Waals surface area contributed by atoms with Gasteiger partial charge in [0.25, 0.3) is 0 Å². The van der Waals surface area contributed by atoms with Gasteiger partial charge in [-0.25, -0.2) is 0 Å². The summed E-state index contributed by atoms with van der Waals surface area (Å²) in [6, 6.07) is 6.30. The molecule has 0 aliphatic heterocycles. The van der Waals surface area contributed by atoms with Gasteiger partial charge in [-0.15, -0.1) is 0 Å². The Bertz CT molecular complexity index is 406. The molecule has 2 N–H and O–H groups in total. The summed E-state index contributed by atoms with van der Waals surface area (Å²) in [4.78, 5) is 0. The van der Waals surface area contributed by atoms with Crippen molar-refractivity contribution in [1.82, 2.24) is 0 Å². The van der Waals surface area contributed by atoms with Gasteiger partial charge < -0.3 is 24.6 Å². The van der Waals surface area contributed by atoms with Crippen LogP contribution in [0.15, 0.2) is 24.3 Å². The molecule has 0 aliphatic carbocycles. The van der Waals surface area contributed by atoms with E-state index in [4.69, 9.17) is 9.47 Å². The molecule has 5 nitrogen and oxygen atoms in total. The standard InChI is InChI=1S/C14H21F2NO4/c1-10(8-19-2)20-9-11(18)7-17-12-5-3-4-6-13(12)21-14(15)16/h3-6,10-11,14,17-18H,7-9H2,1-2H3. The van der Waals surface area contributed by atoms with E-state index in [9.17, 15) is 13.9 Å². The molecule has 0 radical (unpaired) electrons. The Morgan fingerprint density at radius 2 is 1.95 bits per heavy atom. The van der Waals surface area contributed by atoms with Crippen LogP contribution < -0.4 is 10.1 Å². The van der Waals surface area contributed by atoms with Crippen molar-refractivity contribution in [2.24, 2.45) is 0 Å². The molecule has 120 valence electrons. The number of methoxy groups -OCH3 is 1. The Hall–Kier alpha value is -1.44. The van der Waals surface area contributed by atoms with Gasteiger partial charge in [-0.05, 0) is 19.1 Å². The molecule has 1 rings (SSSR count). The second-order valence-electron chi connectivity index (χ2n) is 4.51. The average molecular weight is 305 g/mol. The number of benzene rings is 1. The van der Waals surface area contributed by atoms with E-state index >= 15 is 0 Å². The largest absolute Gasteiger partial charge is 0.433 e. The fourth-order valence-corrected chi connectivity index (χ4v) is 1.66. The summed E-state index contributed by atoms with van der Waals surface area (Å²) >= 11 is 0. The van der Waals surface area contributed by atoms with E-state index < -0.39 is 12.7 Å². The first-order valence-electron chi connectivity index (χ1n) is 6.59. The first-order valence-corrected chi connectivity index (χ1v) is 6.59. The number of hydrogen-bond donors (Lipinski definition) is 2. The van der Waals surface area contributed by atoms with Crippen LogP contribution in [0, 0.1) is 0 Å². The van der Waals surface area contributed by atoms with Crippen LogP contribution in [-0.2, 0) is 9.47 Å². The molecule has 0 aromatic heterocycles. The van der Waals surface area contributed by atoms with Gasteiger partial charge in [0.15, 0.2) is 0 Å². The van der Waals surface area contributed by atoms with Gasteiger partial charge in [0, 0.05) is 13.7 Å². The summed E-state index contributed by atoms with van der Waals surface area (Å²) in [5.74, 6) is 0.0355. The Kier molecular flexibility index (Phi) is 7.96. The van der Waals surface area contributed by atoms with E-state index in [1.54, 1.807) is 25.3 Å². The van der Waals surface area contributed by atoms with Crippen molar-refractivity contribution >= 4 is 5.69 Å². The highest BCUT2D eigenvalue weighted by Crippen LogP contribution is 2.25. The van der Waals surface area contributed by atoms with E-state index in [0.29, 0.717) is 12.3 Å². The molecule has 0 fully saturated rings. The summed E-state index contributed by atoms with van der Waals surface area (Å²) in [6.07, 6.45) is -0.900. The minimum absolute atomic E-state index is 0.0355. The summed E-state index contributed by atoms with van der Waals surface area (Å²) < 4.78 is 39.2. The number of para-hydroxylation sites is 2. The summed E-state index contributed by atoms with van der Waals surface area (Å²) in [6.45, 7) is -0.351. The summed E-state index contributed by atoms with van der Waals surface area (Å²) in [5, 5.41) is 12.6. The third-order valence-electron chi connectivity index (χ3n) is 2.61. The van der Waals surface area contributed by atoms with E-state index in [1.807, 2.05) is 6.92 Å². The van der Waals surface area contributed by atoms with Gasteiger partial charge in [-0.2, -0.15) is 8.78 Å². The van der Waals surface area contributed by atoms with Crippen LogP contribution in [0.25, 0.3) is 0 Å². The van der Waals surface area contributed by atoms with Gasteiger partial charge in [-0.3, -0.25) is 0 Å². The number of alkyl halides is 2. The second kappa shape index (κ2) is 9.49. The maximum absolute atomic E-state index is 12.3. The minimum Gasteiger partial charge on any atom is -0.433 e. The maximum atomic E-state index is 12.3. The van der Waals surface area contributed by atoms with Crippen LogP contribution in [0.1, 0.15) is 6.92 Å². The highest BCUT2D eigenvalue weighted by atomic mass is 19.3. The fraction of sp³-hybridized carbons (Fsp3) is 0.571. The summed E-state index contributed by atoms with van der Waals surface area (Å²) in [7, 11) is 1.57. The lowest BCUT2D eigenvalue weighted by Gasteiger charge is -2.18. The number of ether oxygens (including phenoxy) is 3.